The van der Waals surface area contributed by atoms with Crippen molar-refractivity contribution in [3.05, 3.63) is 30.3 Å². The second-order valence-electron chi connectivity index (χ2n) is 2.73. The lowest BCUT2D eigenvalue weighted by Crippen LogP contribution is -2.23. The van der Waals surface area contributed by atoms with Crippen molar-refractivity contribution in [2.45, 2.75) is 24.0 Å². The lowest BCUT2D eigenvalue weighted by atomic mass is 10.4. The molecule has 0 amide bonds. The normalized spacial score (nSPS) is 13.5. The van der Waals surface area contributed by atoms with Gasteiger partial charge in [-0.25, -0.2) is 0 Å². The summed E-state index contributed by atoms with van der Waals surface area (Å²) in [6.07, 6.45) is 0. The molecule has 0 aliphatic rings. The Morgan fingerprint density at radius 1 is 1.18 bits per heavy atom. The Morgan fingerprint density at radius 2 is 1.73 bits per heavy atom. The van der Waals surface area contributed by atoms with E-state index in [-0.39, 0.29) is 11.1 Å². The van der Waals surface area contributed by atoms with Crippen LogP contribution >= 0.6 is 0 Å². The molecule has 0 radical (unpaired) electrons. The molecule has 1 atom stereocenters. The second kappa shape index (κ2) is 3.79. The van der Waals surface area contributed by atoms with Crippen LogP contribution in [0.5, 0.6) is 0 Å². The molecule has 0 saturated heterocycles. The van der Waals surface area contributed by atoms with E-state index in [0.29, 0.717) is 5.25 Å². The Morgan fingerprint density at radius 3 is 2.18 bits per heavy atom. The van der Waals surface area contributed by atoms with E-state index >= 15 is 0 Å². The van der Waals surface area contributed by atoms with Crippen molar-refractivity contribution in [2.75, 3.05) is 0 Å². The van der Waals surface area contributed by atoms with Crippen LogP contribution in [0.1, 0.15) is 13.8 Å². The maximum atomic E-state index is 5.97. The first kappa shape index (κ1) is 8.62. The summed E-state index contributed by atoms with van der Waals surface area (Å²) in [5.41, 5.74) is 0. The lowest BCUT2D eigenvalue weighted by Gasteiger charge is -2.03. The van der Waals surface area contributed by atoms with Gasteiger partial charge in [0.15, 0.2) is 4.90 Å². The summed E-state index contributed by atoms with van der Waals surface area (Å²) in [6, 6.07) is 10.3. The van der Waals surface area contributed by atoms with Crippen LogP contribution in [0.3, 0.4) is 0 Å². The number of nitrogens with two attached hydrogens (primary N) is 1. The van der Waals surface area contributed by atoms with E-state index < -0.39 is 0 Å². The Balaban J connectivity index is 2.77. The quantitative estimate of drug-likeness (QED) is 0.671. The van der Waals surface area contributed by atoms with Gasteiger partial charge in [0, 0.05) is 0 Å². The summed E-state index contributed by atoms with van der Waals surface area (Å²) >= 11 is -0.0851. The van der Waals surface area contributed by atoms with Crippen molar-refractivity contribution in [3.8, 4) is 0 Å². The maximum absolute atomic E-state index is 5.97. The van der Waals surface area contributed by atoms with Crippen molar-refractivity contribution in [1.29, 1.82) is 0 Å². The topological polar surface area (TPSA) is 26.0 Å². The largest absolute Gasteiger partial charge is 0.175 e. The molecule has 0 spiro atoms. The van der Waals surface area contributed by atoms with Gasteiger partial charge in [0.1, 0.15) is 16.3 Å². The first-order valence-corrected chi connectivity index (χ1v) is 5.09. The van der Waals surface area contributed by atoms with Gasteiger partial charge < -0.3 is 0 Å². The molecule has 2 heteroatoms. The Kier molecular flexibility index (Phi) is 2.97. The molecule has 1 aromatic carbocycles. The van der Waals surface area contributed by atoms with Gasteiger partial charge in [0.2, 0.25) is 0 Å². The summed E-state index contributed by atoms with van der Waals surface area (Å²) in [4.78, 5) is 1.25. The van der Waals surface area contributed by atoms with E-state index in [1.807, 2.05) is 18.2 Å². The van der Waals surface area contributed by atoms with Gasteiger partial charge in [-0.2, -0.15) is 0 Å². The zero-order valence-corrected chi connectivity index (χ0v) is 7.77. The fourth-order valence-corrected chi connectivity index (χ4v) is 1.87. The van der Waals surface area contributed by atoms with Gasteiger partial charge in [0.05, 0.1) is 0 Å². The molecule has 0 aliphatic carbocycles. The molecule has 0 aliphatic heterocycles. The summed E-state index contributed by atoms with van der Waals surface area (Å²) < 4.78 is 0. The molecule has 2 N–H and O–H groups in total. The molecule has 0 heterocycles. The fraction of sp³-hybridized carbons (Fsp3) is 0.333. The van der Waals surface area contributed by atoms with E-state index in [0.717, 1.165) is 0 Å². The number of benzene rings is 1. The standard InChI is InChI=1S/C9H14NS/c1-8(2)11(10)9-6-4-3-5-7-9/h3-8H,10H2,1-2H3/q+1. The van der Waals surface area contributed by atoms with Crippen LogP contribution in [0.25, 0.3) is 0 Å². The van der Waals surface area contributed by atoms with Gasteiger partial charge in [-0.15, -0.1) is 5.14 Å². The van der Waals surface area contributed by atoms with Gasteiger partial charge in [-0.3, -0.25) is 0 Å². The Labute approximate surface area is 71.1 Å². The molecule has 1 aromatic rings. The van der Waals surface area contributed by atoms with Crippen molar-refractivity contribution >= 4 is 11.1 Å². The zero-order valence-electron chi connectivity index (χ0n) is 6.95. The minimum atomic E-state index is -0.0851. The van der Waals surface area contributed by atoms with Crippen molar-refractivity contribution in [2.24, 2.45) is 5.14 Å². The summed E-state index contributed by atoms with van der Waals surface area (Å²) in [5, 5.41) is 6.50. The lowest BCUT2D eigenvalue weighted by molar-refractivity contribution is 1.09. The van der Waals surface area contributed by atoms with Gasteiger partial charge in [-0.05, 0) is 26.0 Å². The molecule has 0 fully saturated rings. The van der Waals surface area contributed by atoms with E-state index in [1.165, 1.54) is 4.90 Å². The van der Waals surface area contributed by atoms with Crippen LogP contribution in [-0.2, 0) is 11.1 Å². The SMILES string of the molecule is CC(C)[S+](N)c1ccccc1. The molecule has 1 unspecified atom stereocenters. The van der Waals surface area contributed by atoms with Gasteiger partial charge in [-0.1, -0.05) is 18.2 Å². The smallest absolute Gasteiger partial charge is 0.146 e. The highest BCUT2D eigenvalue weighted by Crippen LogP contribution is 2.11. The highest BCUT2D eigenvalue weighted by atomic mass is 32.2. The number of hydrogen-bond donors (Lipinski definition) is 1. The van der Waals surface area contributed by atoms with Gasteiger partial charge >= 0.3 is 0 Å². The van der Waals surface area contributed by atoms with E-state index in [9.17, 15) is 0 Å². The minimum Gasteiger partial charge on any atom is -0.146 e. The summed E-state index contributed by atoms with van der Waals surface area (Å²) in [7, 11) is 0. The van der Waals surface area contributed by atoms with Crippen molar-refractivity contribution < 1.29 is 0 Å². The van der Waals surface area contributed by atoms with Crippen molar-refractivity contribution in [1.82, 2.24) is 0 Å². The second-order valence-corrected chi connectivity index (χ2v) is 4.89. The van der Waals surface area contributed by atoms with E-state index in [2.05, 4.69) is 26.0 Å². The Bertz CT molecular complexity index is 208. The van der Waals surface area contributed by atoms with Crippen LogP contribution in [0, 0.1) is 0 Å². The predicted molar refractivity (Wildman–Crippen MR) is 51.4 cm³/mol. The molecular weight excluding hydrogens is 154 g/mol. The van der Waals surface area contributed by atoms with E-state index in [1.54, 1.807) is 0 Å². The average molecular weight is 168 g/mol. The summed E-state index contributed by atoms with van der Waals surface area (Å²) in [6.45, 7) is 4.30. The molecular formula is C9H14NS+. The van der Waals surface area contributed by atoms with Crippen LogP contribution < -0.4 is 5.14 Å². The molecule has 0 bridgehead atoms. The average Bonchev–Trinajstić information content (AvgIpc) is 2.05. The predicted octanol–water partition coefficient (Wildman–Crippen LogP) is 1.95. The number of hydrogen-bond acceptors (Lipinski definition) is 1. The summed E-state index contributed by atoms with van der Waals surface area (Å²) in [5.74, 6) is 0. The molecule has 60 valence electrons. The minimum absolute atomic E-state index is 0.0851. The first-order chi connectivity index (χ1) is 5.22. The molecule has 0 aromatic heterocycles. The van der Waals surface area contributed by atoms with Gasteiger partial charge in [0.25, 0.3) is 0 Å². The Hall–Kier alpha value is -0.470. The van der Waals surface area contributed by atoms with Crippen LogP contribution in [0.2, 0.25) is 0 Å². The third-order valence-corrected chi connectivity index (χ3v) is 3.36. The highest BCUT2D eigenvalue weighted by molar-refractivity contribution is 7.95. The van der Waals surface area contributed by atoms with Crippen molar-refractivity contribution in [3.63, 3.8) is 0 Å². The van der Waals surface area contributed by atoms with Crippen LogP contribution in [-0.4, -0.2) is 5.25 Å². The first-order valence-electron chi connectivity index (χ1n) is 3.74. The van der Waals surface area contributed by atoms with Crippen LogP contribution in [0.4, 0.5) is 0 Å². The van der Waals surface area contributed by atoms with Crippen LogP contribution in [0.15, 0.2) is 35.2 Å². The zero-order chi connectivity index (χ0) is 8.27. The monoisotopic (exact) mass is 168 g/mol. The third-order valence-electron chi connectivity index (χ3n) is 1.52. The fourth-order valence-electron chi connectivity index (χ4n) is 0.850. The molecule has 1 nitrogen and oxygen atoms in total. The third kappa shape index (κ3) is 2.24. The number of rotatable bonds is 2. The molecule has 1 rings (SSSR count). The van der Waals surface area contributed by atoms with E-state index in [4.69, 9.17) is 5.14 Å². The molecule has 0 saturated carbocycles. The maximum Gasteiger partial charge on any atom is 0.175 e. The molecule has 11 heavy (non-hydrogen) atoms. The highest BCUT2D eigenvalue weighted by Gasteiger charge is 2.20.